The van der Waals surface area contributed by atoms with Gasteiger partial charge in [-0.15, -0.1) is 0 Å². The number of likely N-dealkylation sites (N-methyl/N-ethyl adjacent to an activating group) is 1. The molecule has 2 amide bonds. The Morgan fingerprint density at radius 3 is 2.62 bits per heavy atom. The number of carbonyl (C=O) groups is 2. The Morgan fingerprint density at radius 2 is 1.88 bits per heavy atom. The summed E-state index contributed by atoms with van der Waals surface area (Å²) in [7, 11) is 1.70. The summed E-state index contributed by atoms with van der Waals surface area (Å²) in [4.78, 5) is 43.7. The lowest BCUT2D eigenvalue weighted by Crippen LogP contribution is -2.63. The topological polar surface area (TPSA) is 145 Å². The van der Waals surface area contributed by atoms with E-state index in [-0.39, 0.29) is 29.8 Å². The van der Waals surface area contributed by atoms with Crippen LogP contribution in [-0.2, 0) is 11.2 Å². The minimum Gasteiger partial charge on any atom is -0.454 e. The first-order chi connectivity index (χ1) is 19.3. The molecule has 12 heteroatoms. The molecule has 1 saturated heterocycles. The van der Waals surface area contributed by atoms with E-state index in [4.69, 9.17) is 14.2 Å². The van der Waals surface area contributed by atoms with Crippen molar-refractivity contribution < 1.29 is 28.7 Å². The van der Waals surface area contributed by atoms with E-state index in [0.717, 1.165) is 5.56 Å². The number of non-ortho nitro benzene ring substituents is 1. The molecule has 3 aromatic rings. The second-order valence-corrected chi connectivity index (χ2v) is 9.66. The van der Waals surface area contributed by atoms with E-state index < -0.39 is 16.4 Å². The van der Waals surface area contributed by atoms with Gasteiger partial charge in [0, 0.05) is 38.0 Å². The number of ether oxygens (including phenoxy) is 3. The van der Waals surface area contributed by atoms with Crippen LogP contribution in [0.25, 0.3) is 0 Å². The summed E-state index contributed by atoms with van der Waals surface area (Å²) in [6.07, 6.45) is 2.87. The number of hydrogen-bond acceptors (Lipinski definition) is 9. The quantitative estimate of drug-likeness (QED) is 0.305. The highest BCUT2D eigenvalue weighted by molar-refractivity contribution is 6.00. The highest BCUT2D eigenvalue weighted by Gasteiger charge is 2.43. The van der Waals surface area contributed by atoms with Crippen LogP contribution in [-0.4, -0.2) is 65.6 Å². The Morgan fingerprint density at radius 1 is 1.12 bits per heavy atom. The third-order valence-electron chi connectivity index (χ3n) is 7.02. The van der Waals surface area contributed by atoms with Crippen molar-refractivity contribution in [2.45, 2.75) is 24.8 Å². The number of benzene rings is 2. The van der Waals surface area contributed by atoms with Crippen LogP contribution in [0.2, 0.25) is 0 Å². The smallest absolute Gasteiger partial charge is 0.269 e. The summed E-state index contributed by atoms with van der Waals surface area (Å²) >= 11 is 0. The van der Waals surface area contributed by atoms with Gasteiger partial charge in [-0.1, -0.05) is 12.1 Å². The maximum atomic E-state index is 13.8. The van der Waals surface area contributed by atoms with Gasteiger partial charge >= 0.3 is 0 Å². The van der Waals surface area contributed by atoms with E-state index in [9.17, 15) is 19.7 Å². The molecule has 5 rings (SSSR count). The monoisotopic (exact) mass is 547 g/mol. The lowest BCUT2D eigenvalue weighted by atomic mass is 9.86. The van der Waals surface area contributed by atoms with E-state index in [0.29, 0.717) is 56.1 Å². The Kier molecular flexibility index (Phi) is 7.78. The second kappa shape index (κ2) is 11.6. The van der Waals surface area contributed by atoms with Crippen molar-refractivity contribution in [2.24, 2.45) is 0 Å². The number of fused-ring (bicyclic) bond motifs is 1. The fourth-order valence-electron chi connectivity index (χ4n) is 4.78. The van der Waals surface area contributed by atoms with Crippen LogP contribution in [0.3, 0.4) is 0 Å². The third-order valence-corrected chi connectivity index (χ3v) is 7.02. The highest BCUT2D eigenvalue weighted by Crippen LogP contribution is 2.37. The lowest BCUT2D eigenvalue weighted by Gasteiger charge is -2.39. The maximum absolute atomic E-state index is 13.8. The normalized spacial score (nSPS) is 15.2. The minimum absolute atomic E-state index is 0.0156. The van der Waals surface area contributed by atoms with Crippen LogP contribution in [0.1, 0.15) is 28.8 Å². The first-order valence-corrected chi connectivity index (χ1v) is 12.9. The molecule has 0 bridgehead atoms. The first kappa shape index (κ1) is 26.9. The van der Waals surface area contributed by atoms with Crippen LogP contribution < -0.4 is 24.8 Å². The van der Waals surface area contributed by atoms with Crippen molar-refractivity contribution in [2.75, 3.05) is 33.5 Å². The summed E-state index contributed by atoms with van der Waals surface area (Å²) in [5, 5.41) is 17.2. The lowest BCUT2D eigenvalue weighted by molar-refractivity contribution is -0.384. The number of hydrogen-bond donors (Lipinski definition) is 2. The molecule has 1 fully saturated rings. The van der Waals surface area contributed by atoms with Crippen molar-refractivity contribution in [1.29, 1.82) is 0 Å². The zero-order valence-electron chi connectivity index (χ0n) is 21.9. The molecule has 1 aromatic heterocycles. The molecule has 0 atom stereocenters. The molecule has 3 heterocycles. The fourth-order valence-corrected chi connectivity index (χ4v) is 4.78. The van der Waals surface area contributed by atoms with Crippen molar-refractivity contribution in [1.82, 2.24) is 20.5 Å². The van der Waals surface area contributed by atoms with Gasteiger partial charge in [0.25, 0.3) is 11.6 Å². The number of nitro benzene ring substituents is 1. The number of pyridine rings is 1. The van der Waals surface area contributed by atoms with Gasteiger partial charge in [0.15, 0.2) is 11.5 Å². The summed E-state index contributed by atoms with van der Waals surface area (Å²) in [6, 6.07) is 14.6. The summed E-state index contributed by atoms with van der Waals surface area (Å²) < 4.78 is 16.7. The molecule has 40 heavy (non-hydrogen) atoms. The summed E-state index contributed by atoms with van der Waals surface area (Å²) in [5.74, 6) is 0.998. The van der Waals surface area contributed by atoms with Crippen molar-refractivity contribution in [3.63, 3.8) is 0 Å². The van der Waals surface area contributed by atoms with Crippen LogP contribution in [0.5, 0.6) is 23.1 Å². The maximum Gasteiger partial charge on any atom is 0.269 e. The number of nitro groups is 1. The molecule has 2 N–H and O–H groups in total. The average molecular weight is 548 g/mol. The Hall–Kier alpha value is -4.71. The molecule has 2 aromatic carbocycles. The zero-order valence-corrected chi connectivity index (χ0v) is 21.9. The summed E-state index contributed by atoms with van der Waals surface area (Å²) in [6.45, 7) is 1.64. The number of nitrogens with one attached hydrogen (secondary N) is 2. The van der Waals surface area contributed by atoms with E-state index in [1.165, 1.54) is 18.3 Å². The van der Waals surface area contributed by atoms with Gasteiger partial charge in [-0.05, 0) is 62.2 Å². The van der Waals surface area contributed by atoms with E-state index >= 15 is 0 Å². The molecule has 0 spiro atoms. The zero-order chi connectivity index (χ0) is 28.1. The molecular formula is C28H29N5O7. The van der Waals surface area contributed by atoms with Gasteiger partial charge in [0.1, 0.15) is 16.9 Å². The standard InChI is InChI=1S/C28H29N5O7/c1-32(16-10-19-4-6-20(7-5-19)33(36)37)27(35)28(11-14-29-15-12-28)31-25(34)22-3-2-13-30-26(22)40-21-8-9-23-24(17-21)39-18-38-23/h2-9,13,17,29H,10-12,14-16,18H2,1H3,(H,31,34). The van der Waals surface area contributed by atoms with Gasteiger partial charge < -0.3 is 29.7 Å². The Bertz CT molecular complexity index is 1410. The van der Waals surface area contributed by atoms with Crippen molar-refractivity contribution in [3.05, 3.63) is 82.0 Å². The molecule has 2 aliphatic heterocycles. The molecule has 2 aliphatic rings. The molecule has 0 unspecified atom stereocenters. The highest BCUT2D eigenvalue weighted by atomic mass is 16.7. The van der Waals surface area contributed by atoms with E-state index in [1.54, 1.807) is 54.4 Å². The third kappa shape index (κ3) is 5.81. The van der Waals surface area contributed by atoms with Gasteiger partial charge in [0.05, 0.1) is 4.92 Å². The van der Waals surface area contributed by atoms with Gasteiger partial charge in [0.2, 0.25) is 18.6 Å². The minimum atomic E-state index is -1.11. The van der Waals surface area contributed by atoms with E-state index in [1.807, 2.05) is 0 Å². The molecular weight excluding hydrogens is 518 g/mol. The number of piperidine rings is 1. The van der Waals surface area contributed by atoms with Crippen molar-refractivity contribution in [3.8, 4) is 23.1 Å². The Labute approximate surface area is 230 Å². The molecule has 0 aliphatic carbocycles. The number of carbonyl (C=O) groups excluding carboxylic acids is 2. The predicted molar refractivity (Wildman–Crippen MR) is 144 cm³/mol. The molecule has 0 saturated carbocycles. The van der Waals surface area contributed by atoms with Gasteiger partial charge in [-0.25, -0.2) is 4.98 Å². The van der Waals surface area contributed by atoms with Gasteiger partial charge in [-0.2, -0.15) is 0 Å². The first-order valence-electron chi connectivity index (χ1n) is 12.9. The molecule has 208 valence electrons. The van der Waals surface area contributed by atoms with Gasteiger partial charge in [-0.3, -0.25) is 19.7 Å². The van der Waals surface area contributed by atoms with Crippen LogP contribution in [0, 0.1) is 10.1 Å². The molecule has 12 nitrogen and oxygen atoms in total. The SMILES string of the molecule is CN(CCc1ccc([N+](=O)[O-])cc1)C(=O)C1(NC(=O)c2cccnc2Oc2ccc3c(c2)OCO3)CCNCC1. The Balaban J connectivity index is 1.30. The van der Waals surface area contributed by atoms with Crippen LogP contribution in [0.4, 0.5) is 5.69 Å². The number of rotatable bonds is 9. The van der Waals surface area contributed by atoms with Crippen LogP contribution in [0.15, 0.2) is 60.8 Å². The fraction of sp³-hybridized carbons (Fsp3) is 0.321. The number of amides is 2. The second-order valence-electron chi connectivity index (χ2n) is 9.66. The summed E-state index contributed by atoms with van der Waals surface area (Å²) in [5.41, 5.74) is -0.0335. The number of aromatic nitrogens is 1. The predicted octanol–water partition coefficient (Wildman–Crippen LogP) is 3.06. The van der Waals surface area contributed by atoms with Crippen LogP contribution >= 0.6 is 0 Å². The average Bonchev–Trinajstić information content (AvgIpc) is 3.44. The number of nitrogens with zero attached hydrogens (tertiary/aromatic N) is 3. The largest absolute Gasteiger partial charge is 0.454 e. The van der Waals surface area contributed by atoms with Crippen molar-refractivity contribution >= 4 is 17.5 Å². The molecule has 0 radical (unpaired) electrons. The van der Waals surface area contributed by atoms with E-state index in [2.05, 4.69) is 15.6 Å².